The molecular formula is C14H15ClN2O. The lowest BCUT2D eigenvalue weighted by molar-refractivity contribution is 0.398. The van der Waals surface area contributed by atoms with Crippen LogP contribution < -0.4 is 10.1 Å². The minimum absolute atomic E-state index is 0.596. The van der Waals surface area contributed by atoms with Gasteiger partial charge in [-0.2, -0.15) is 0 Å². The summed E-state index contributed by atoms with van der Waals surface area (Å²) in [7, 11) is 1.60. The molecule has 0 unspecified atom stereocenters. The van der Waals surface area contributed by atoms with Gasteiger partial charge in [-0.15, -0.1) is 11.6 Å². The minimum Gasteiger partial charge on any atom is -0.481 e. The van der Waals surface area contributed by atoms with Crippen molar-refractivity contribution < 1.29 is 4.74 Å². The molecule has 0 bridgehead atoms. The van der Waals surface area contributed by atoms with E-state index < -0.39 is 0 Å². The fourth-order valence-electron chi connectivity index (χ4n) is 1.63. The molecule has 2 aromatic rings. The smallest absolute Gasteiger partial charge is 0.214 e. The van der Waals surface area contributed by atoms with Gasteiger partial charge in [0.2, 0.25) is 5.88 Å². The number of alkyl halides is 1. The van der Waals surface area contributed by atoms with Crippen LogP contribution in [0.4, 0.5) is 11.4 Å². The Hall–Kier alpha value is -1.74. The second-order valence-corrected chi connectivity index (χ2v) is 4.23. The maximum atomic E-state index is 5.70. The maximum absolute atomic E-state index is 5.70. The highest BCUT2D eigenvalue weighted by Gasteiger charge is 1.98. The molecule has 0 atom stereocenters. The van der Waals surface area contributed by atoms with Gasteiger partial charge in [-0.3, -0.25) is 0 Å². The molecule has 3 nitrogen and oxygen atoms in total. The largest absolute Gasteiger partial charge is 0.481 e. The SMILES string of the molecule is COc1cc(Nc2ccc(CCCl)cc2)ccn1. The average molecular weight is 263 g/mol. The van der Waals surface area contributed by atoms with E-state index in [4.69, 9.17) is 16.3 Å². The number of hydrogen-bond donors (Lipinski definition) is 1. The van der Waals surface area contributed by atoms with Gasteiger partial charge in [-0.25, -0.2) is 4.98 Å². The van der Waals surface area contributed by atoms with Crippen molar-refractivity contribution in [2.45, 2.75) is 6.42 Å². The predicted molar refractivity (Wildman–Crippen MR) is 74.9 cm³/mol. The molecule has 0 saturated heterocycles. The molecule has 2 rings (SSSR count). The molecule has 1 aromatic carbocycles. The topological polar surface area (TPSA) is 34.1 Å². The number of nitrogens with zero attached hydrogens (tertiary/aromatic N) is 1. The number of aryl methyl sites for hydroxylation is 1. The van der Waals surface area contributed by atoms with E-state index in [1.54, 1.807) is 13.3 Å². The number of nitrogens with one attached hydrogen (secondary N) is 1. The van der Waals surface area contributed by atoms with E-state index >= 15 is 0 Å². The maximum Gasteiger partial charge on any atom is 0.214 e. The van der Waals surface area contributed by atoms with Crippen LogP contribution in [0, 0.1) is 0 Å². The lowest BCUT2D eigenvalue weighted by atomic mass is 10.1. The molecule has 94 valence electrons. The summed E-state index contributed by atoms with van der Waals surface area (Å²) >= 11 is 5.70. The van der Waals surface area contributed by atoms with E-state index in [-0.39, 0.29) is 0 Å². The van der Waals surface area contributed by atoms with Crippen LogP contribution in [-0.2, 0) is 6.42 Å². The van der Waals surface area contributed by atoms with Crippen molar-refractivity contribution in [3.63, 3.8) is 0 Å². The molecule has 18 heavy (non-hydrogen) atoms. The number of rotatable bonds is 5. The molecule has 0 spiro atoms. The van der Waals surface area contributed by atoms with Crippen molar-refractivity contribution in [2.75, 3.05) is 18.3 Å². The summed E-state index contributed by atoms with van der Waals surface area (Å²) < 4.78 is 5.08. The Labute approximate surface area is 112 Å². The van der Waals surface area contributed by atoms with E-state index in [9.17, 15) is 0 Å². The van der Waals surface area contributed by atoms with Crippen LogP contribution in [0.1, 0.15) is 5.56 Å². The minimum atomic E-state index is 0.596. The lowest BCUT2D eigenvalue weighted by Crippen LogP contribution is -1.93. The van der Waals surface area contributed by atoms with Crippen LogP contribution >= 0.6 is 11.6 Å². The quantitative estimate of drug-likeness (QED) is 0.836. The van der Waals surface area contributed by atoms with Gasteiger partial charge in [-0.1, -0.05) is 12.1 Å². The van der Waals surface area contributed by atoms with Crippen LogP contribution in [0.3, 0.4) is 0 Å². The first-order valence-corrected chi connectivity index (χ1v) is 6.27. The van der Waals surface area contributed by atoms with Crippen LogP contribution in [0.2, 0.25) is 0 Å². The number of hydrogen-bond acceptors (Lipinski definition) is 3. The number of pyridine rings is 1. The van der Waals surface area contributed by atoms with Gasteiger partial charge in [-0.05, 0) is 30.2 Å². The molecular weight excluding hydrogens is 248 g/mol. The molecule has 0 aliphatic carbocycles. The van der Waals surface area contributed by atoms with Gasteiger partial charge in [0, 0.05) is 29.5 Å². The number of methoxy groups -OCH3 is 1. The normalized spacial score (nSPS) is 10.1. The van der Waals surface area contributed by atoms with Gasteiger partial charge < -0.3 is 10.1 Å². The first kappa shape index (κ1) is 12.7. The Kier molecular flexibility index (Phi) is 4.42. The van der Waals surface area contributed by atoms with E-state index in [0.717, 1.165) is 17.8 Å². The second kappa shape index (κ2) is 6.26. The summed E-state index contributed by atoms with van der Waals surface area (Å²) in [5.41, 5.74) is 3.22. The van der Waals surface area contributed by atoms with E-state index in [2.05, 4.69) is 22.4 Å². The second-order valence-electron chi connectivity index (χ2n) is 3.85. The van der Waals surface area contributed by atoms with Crippen molar-refractivity contribution in [3.05, 3.63) is 48.2 Å². The Morgan fingerprint density at radius 1 is 1.17 bits per heavy atom. The molecule has 0 radical (unpaired) electrons. The standard InChI is InChI=1S/C14H15ClN2O/c1-18-14-10-13(7-9-16-14)17-12-4-2-11(3-5-12)6-8-15/h2-5,7,9-10H,6,8H2,1H3,(H,16,17). The highest BCUT2D eigenvalue weighted by atomic mass is 35.5. The summed E-state index contributed by atoms with van der Waals surface area (Å²) in [5, 5.41) is 3.29. The Morgan fingerprint density at radius 3 is 2.61 bits per heavy atom. The molecule has 1 N–H and O–H groups in total. The van der Waals surface area contributed by atoms with Gasteiger partial charge >= 0.3 is 0 Å². The first-order valence-electron chi connectivity index (χ1n) is 5.74. The number of benzene rings is 1. The van der Waals surface area contributed by atoms with Crippen LogP contribution in [0.15, 0.2) is 42.6 Å². The van der Waals surface area contributed by atoms with Crippen molar-refractivity contribution >= 4 is 23.0 Å². The van der Waals surface area contributed by atoms with E-state index in [0.29, 0.717) is 11.8 Å². The fourth-order valence-corrected chi connectivity index (χ4v) is 1.85. The molecule has 0 aliphatic heterocycles. The molecule has 0 amide bonds. The summed E-state index contributed by atoms with van der Waals surface area (Å²) in [6.07, 6.45) is 2.61. The lowest BCUT2D eigenvalue weighted by Gasteiger charge is -2.08. The van der Waals surface area contributed by atoms with Crippen molar-refractivity contribution in [1.29, 1.82) is 0 Å². The average Bonchev–Trinajstić information content (AvgIpc) is 2.42. The van der Waals surface area contributed by atoms with E-state index in [1.807, 2.05) is 24.3 Å². The first-order chi connectivity index (χ1) is 8.81. The number of halogens is 1. The molecule has 0 aliphatic rings. The Bertz CT molecular complexity index is 499. The van der Waals surface area contributed by atoms with Gasteiger partial charge in [0.15, 0.2) is 0 Å². The monoisotopic (exact) mass is 262 g/mol. The predicted octanol–water partition coefficient (Wildman–Crippen LogP) is 3.62. The van der Waals surface area contributed by atoms with E-state index in [1.165, 1.54) is 5.56 Å². The number of ether oxygens (including phenoxy) is 1. The summed E-state index contributed by atoms with van der Waals surface area (Å²) in [6.45, 7) is 0. The third-order valence-electron chi connectivity index (χ3n) is 2.57. The van der Waals surface area contributed by atoms with Gasteiger partial charge in [0.25, 0.3) is 0 Å². The molecule has 4 heteroatoms. The molecule has 0 fully saturated rings. The zero-order valence-corrected chi connectivity index (χ0v) is 10.9. The fraction of sp³-hybridized carbons (Fsp3) is 0.214. The van der Waals surface area contributed by atoms with Crippen LogP contribution in [-0.4, -0.2) is 18.0 Å². The molecule has 1 aromatic heterocycles. The molecule has 1 heterocycles. The molecule has 0 saturated carbocycles. The summed E-state index contributed by atoms with van der Waals surface area (Å²) in [4.78, 5) is 4.06. The number of anilines is 2. The van der Waals surface area contributed by atoms with Crippen molar-refractivity contribution in [2.24, 2.45) is 0 Å². The zero-order valence-electron chi connectivity index (χ0n) is 10.2. The highest BCUT2D eigenvalue weighted by molar-refractivity contribution is 6.17. The third kappa shape index (κ3) is 3.37. The Morgan fingerprint density at radius 2 is 1.94 bits per heavy atom. The Balaban J connectivity index is 2.08. The summed E-state index contributed by atoms with van der Waals surface area (Å²) in [5.74, 6) is 1.24. The van der Waals surface area contributed by atoms with Gasteiger partial charge in [0.05, 0.1) is 7.11 Å². The van der Waals surface area contributed by atoms with Crippen molar-refractivity contribution in [1.82, 2.24) is 4.98 Å². The zero-order chi connectivity index (χ0) is 12.8. The van der Waals surface area contributed by atoms with Crippen LogP contribution in [0.25, 0.3) is 0 Å². The van der Waals surface area contributed by atoms with Crippen molar-refractivity contribution in [3.8, 4) is 5.88 Å². The number of aromatic nitrogens is 1. The van der Waals surface area contributed by atoms with Crippen LogP contribution in [0.5, 0.6) is 5.88 Å². The third-order valence-corrected chi connectivity index (χ3v) is 2.76. The summed E-state index contributed by atoms with van der Waals surface area (Å²) in [6, 6.07) is 12.0. The highest BCUT2D eigenvalue weighted by Crippen LogP contribution is 2.19. The van der Waals surface area contributed by atoms with Gasteiger partial charge in [0.1, 0.15) is 0 Å².